The summed E-state index contributed by atoms with van der Waals surface area (Å²) in [5.74, 6) is 0.00481. The zero-order valence-electron chi connectivity index (χ0n) is 35.1. The molecule has 2 bridgehead atoms. The van der Waals surface area contributed by atoms with Crippen LogP contribution in [0.3, 0.4) is 0 Å². The van der Waals surface area contributed by atoms with Gasteiger partial charge >= 0.3 is 0 Å². The van der Waals surface area contributed by atoms with Gasteiger partial charge in [0, 0.05) is 49.8 Å². The lowest BCUT2D eigenvalue weighted by Gasteiger charge is -2.56. The molecule has 0 atom stereocenters. The molecule has 0 fully saturated rings. The minimum Gasteiger partial charge on any atom is -0.455 e. The maximum atomic E-state index is 6.84. The maximum Gasteiger partial charge on any atom is 0.143 e. The van der Waals surface area contributed by atoms with Gasteiger partial charge in [0.05, 0.1) is 16.8 Å². The van der Waals surface area contributed by atoms with E-state index < -0.39 is 5.41 Å². The number of nitrogens with zero attached hydrogens (tertiary/aromatic N) is 1. The van der Waals surface area contributed by atoms with E-state index in [0.29, 0.717) is 0 Å². The van der Waals surface area contributed by atoms with Crippen molar-refractivity contribution in [2.75, 3.05) is 4.90 Å². The Balaban J connectivity index is 1.08. The Bertz CT molecular complexity index is 3920. The van der Waals surface area contributed by atoms with Crippen molar-refractivity contribution in [3.05, 3.63) is 257 Å². The van der Waals surface area contributed by atoms with Crippen molar-refractivity contribution in [1.29, 1.82) is 0 Å². The monoisotopic (exact) mass is 827 g/mol. The van der Waals surface area contributed by atoms with Crippen LogP contribution in [0.4, 0.5) is 17.1 Å². The highest BCUT2D eigenvalue weighted by atomic mass is 16.3. The first-order chi connectivity index (χ1) is 32.3. The van der Waals surface area contributed by atoms with Crippen molar-refractivity contribution in [2.45, 2.75) is 11.3 Å². The molecular weight excluding hydrogens is 791 g/mol. The fourth-order valence-corrected chi connectivity index (χ4v) is 12.2. The molecule has 65 heavy (non-hydrogen) atoms. The van der Waals surface area contributed by atoms with Crippen molar-refractivity contribution in [3.63, 3.8) is 0 Å². The van der Waals surface area contributed by atoms with Gasteiger partial charge in [-0.1, -0.05) is 176 Å². The third-order valence-electron chi connectivity index (χ3n) is 14.8. The van der Waals surface area contributed by atoms with Crippen LogP contribution in [-0.2, 0) is 5.41 Å². The van der Waals surface area contributed by atoms with Crippen LogP contribution in [0.15, 0.2) is 227 Å². The van der Waals surface area contributed by atoms with Crippen molar-refractivity contribution < 1.29 is 8.83 Å². The van der Waals surface area contributed by atoms with Gasteiger partial charge in [-0.2, -0.15) is 0 Å². The van der Waals surface area contributed by atoms with E-state index in [0.717, 1.165) is 71.9 Å². The maximum absolute atomic E-state index is 6.84. The number of benzene rings is 10. The number of hydrogen-bond donors (Lipinski definition) is 0. The molecule has 0 unspecified atom stereocenters. The quantitative estimate of drug-likeness (QED) is 0.177. The van der Waals surface area contributed by atoms with Gasteiger partial charge < -0.3 is 13.7 Å². The molecule has 1 spiro atoms. The highest BCUT2D eigenvalue weighted by Crippen LogP contribution is 2.69. The molecule has 2 aromatic heterocycles. The number of furan rings is 2. The predicted octanol–water partition coefficient (Wildman–Crippen LogP) is 16.5. The van der Waals surface area contributed by atoms with Crippen LogP contribution >= 0.6 is 0 Å². The second-order valence-corrected chi connectivity index (χ2v) is 17.8. The summed E-state index contributed by atoms with van der Waals surface area (Å²) in [6, 6.07) is 80.2. The summed E-state index contributed by atoms with van der Waals surface area (Å²) in [5, 5.41) is 4.52. The Morgan fingerprint density at radius 1 is 0.369 bits per heavy atom. The topological polar surface area (TPSA) is 29.5 Å². The SMILES string of the molecule is c1ccc(-c2ccc(N3c4ccc(-c5cccc6c5oc5ccccc56)cc4C45c6ccccc6C(c6ccccc64)c4c(-c6cccc7c6oc6ccccc67)ccc3c45)cc2)cc1. The van der Waals surface area contributed by atoms with Crippen LogP contribution in [0.1, 0.15) is 44.9 Å². The molecule has 16 rings (SSSR count). The van der Waals surface area contributed by atoms with E-state index >= 15 is 0 Å². The molecule has 4 aliphatic rings. The Labute approximate surface area is 375 Å². The largest absolute Gasteiger partial charge is 0.455 e. The second-order valence-electron chi connectivity index (χ2n) is 17.8. The average molecular weight is 828 g/mol. The first kappa shape index (κ1) is 35.1. The Kier molecular flexibility index (Phi) is 6.94. The fourth-order valence-electron chi connectivity index (χ4n) is 12.2. The molecule has 3 aliphatic carbocycles. The van der Waals surface area contributed by atoms with E-state index in [2.05, 4.69) is 223 Å². The summed E-state index contributed by atoms with van der Waals surface area (Å²) in [6.45, 7) is 0. The van der Waals surface area contributed by atoms with Gasteiger partial charge in [0.15, 0.2) is 0 Å². The van der Waals surface area contributed by atoms with Gasteiger partial charge in [-0.3, -0.25) is 0 Å². The van der Waals surface area contributed by atoms with Crippen LogP contribution in [0, 0.1) is 0 Å². The Hall–Kier alpha value is -8.40. The van der Waals surface area contributed by atoms with E-state index in [1.165, 1.54) is 61.3 Å². The Morgan fingerprint density at radius 2 is 0.908 bits per heavy atom. The van der Waals surface area contributed by atoms with Gasteiger partial charge in [-0.25, -0.2) is 0 Å². The van der Waals surface area contributed by atoms with Crippen LogP contribution in [0.25, 0.3) is 77.3 Å². The number of anilines is 3. The number of rotatable bonds is 4. The van der Waals surface area contributed by atoms with Crippen LogP contribution < -0.4 is 4.90 Å². The lowest BCUT2D eigenvalue weighted by atomic mass is 9.48. The van der Waals surface area contributed by atoms with Gasteiger partial charge in [0.1, 0.15) is 22.3 Å². The summed E-state index contributed by atoms with van der Waals surface area (Å²) >= 11 is 0. The van der Waals surface area contributed by atoms with Crippen LogP contribution in [0.2, 0.25) is 0 Å². The molecule has 10 aromatic carbocycles. The van der Waals surface area contributed by atoms with Gasteiger partial charge in [0.2, 0.25) is 0 Å². The molecule has 0 N–H and O–H groups in total. The zero-order valence-corrected chi connectivity index (χ0v) is 35.1. The van der Waals surface area contributed by atoms with Gasteiger partial charge in [-0.15, -0.1) is 0 Å². The van der Waals surface area contributed by atoms with E-state index in [1.54, 1.807) is 0 Å². The van der Waals surface area contributed by atoms with E-state index in [1.807, 2.05) is 0 Å². The van der Waals surface area contributed by atoms with Crippen molar-refractivity contribution in [1.82, 2.24) is 0 Å². The first-order valence-corrected chi connectivity index (χ1v) is 22.5. The molecular formula is C62H37NO2. The molecule has 3 heterocycles. The molecule has 0 radical (unpaired) electrons. The summed E-state index contributed by atoms with van der Waals surface area (Å²) in [4.78, 5) is 2.53. The standard InChI is InChI=1S/C62H37NO2/c1-2-14-37(15-3-1)38-28-31-40(32-29-38)63-53-34-30-39(41-20-12-21-45-42-16-6-10-26-55(42)64-60(41)45)36-52(53)62-50-24-8-4-18-48(50)57(49-19-5-9-25-51(49)62)58-44(33-35-54(63)59(58)62)47-23-13-22-46-43-17-7-11-27-56(43)65-61(46)47/h1-36,57H. The highest BCUT2D eigenvalue weighted by Gasteiger charge is 2.58. The van der Waals surface area contributed by atoms with Crippen molar-refractivity contribution in [2.24, 2.45) is 0 Å². The van der Waals surface area contributed by atoms with Crippen LogP contribution in [0.5, 0.6) is 0 Å². The van der Waals surface area contributed by atoms with Gasteiger partial charge in [0.25, 0.3) is 0 Å². The average Bonchev–Trinajstić information content (AvgIpc) is 3.96. The fraction of sp³-hybridized carbons (Fsp3) is 0.0323. The number of hydrogen-bond acceptors (Lipinski definition) is 3. The molecule has 3 nitrogen and oxygen atoms in total. The van der Waals surface area contributed by atoms with E-state index in [9.17, 15) is 0 Å². The second kappa shape index (κ2) is 12.8. The third kappa shape index (κ3) is 4.54. The first-order valence-electron chi connectivity index (χ1n) is 22.5. The minimum atomic E-state index is -0.641. The number of fused-ring (bicyclic) bond motifs is 7. The zero-order chi connectivity index (χ0) is 42.4. The van der Waals surface area contributed by atoms with E-state index in [4.69, 9.17) is 8.83 Å². The molecule has 0 saturated carbocycles. The molecule has 302 valence electrons. The Morgan fingerprint density at radius 3 is 1.60 bits per heavy atom. The summed E-state index contributed by atoms with van der Waals surface area (Å²) < 4.78 is 13.6. The van der Waals surface area contributed by atoms with Crippen LogP contribution in [-0.4, -0.2) is 0 Å². The normalized spacial score (nSPS) is 16.5. The van der Waals surface area contributed by atoms with E-state index in [-0.39, 0.29) is 5.92 Å². The molecule has 12 aromatic rings. The number of para-hydroxylation sites is 4. The molecule has 1 aliphatic heterocycles. The van der Waals surface area contributed by atoms with Gasteiger partial charge in [-0.05, 0) is 98.1 Å². The molecule has 3 heteroatoms. The lowest BCUT2D eigenvalue weighted by molar-refractivity contribution is 0.623. The van der Waals surface area contributed by atoms with Crippen molar-refractivity contribution >= 4 is 60.9 Å². The highest BCUT2D eigenvalue weighted by molar-refractivity contribution is 6.12. The summed E-state index contributed by atoms with van der Waals surface area (Å²) in [5.41, 5.74) is 22.7. The third-order valence-corrected chi connectivity index (χ3v) is 14.8. The minimum absolute atomic E-state index is 0.00481. The summed E-state index contributed by atoms with van der Waals surface area (Å²) in [7, 11) is 0. The summed E-state index contributed by atoms with van der Waals surface area (Å²) in [6.07, 6.45) is 0. The van der Waals surface area contributed by atoms with Crippen molar-refractivity contribution in [3.8, 4) is 33.4 Å². The molecule has 0 amide bonds. The lowest BCUT2D eigenvalue weighted by Crippen LogP contribution is -2.47. The predicted molar refractivity (Wildman–Crippen MR) is 265 cm³/mol. The molecule has 0 saturated heterocycles. The smallest absolute Gasteiger partial charge is 0.143 e.